The Bertz CT molecular complexity index is 1440. The van der Waals surface area contributed by atoms with Gasteiger partial charge in [0, 0.05) is 80.6 Å². The van der Waals surface area contributed by atoms with Crippen molar-refractivity contribution in [1.82, 2.24) is 29.7 Å². The molecule has 10 heteroatoms. The Morgan fingerprint density at radius 2 is 1.97 bits per heavy atom. The van der Waals surface area contributed by atoms with Crippen molar-refractivity contribution < 1.29 is 9.53 Å². The van der Waals surface area contributed by atoms with Crippen LogP contribution in [0.15, 0.2) is 49.2 Å². The van der Waals surface area contributed by atoms with Gasteiger partial charge in [0.05, 0.1) is 29.6 Å². The minimum Gasteiger partial charge on any atom is -0.380 e. The van der Waals surface area contributed by atoms with Crippen molar-refractivity contribution >= 4 is 17.2 Å². The number of hydrogen-bond donors (Lipinski definition) is 1. The quantitative estimate of drug-likeness (QED) is 0.417. The summed E-state index contributed by atoms with van der Waals surface area (Å²) in [5.74, 6) is 0.983. The number of hydrogen-bond acceptors (Lipinski definition) is 7. The van der Waals surface area contributed by atoms with Crippen LogP contribution >= 0.6 is 0 Å². The highest BCUT2D eigenvalue weighted by molar-refractivity contribution is 5.87. The number of nitrogens with zero attached hydrogens (tertiary/aromatic N) is 7. The average Bonchev–Trinajstić information content (AvgIpc) is 3.57. The molecule has 1 N–H and O–H groups in total. The van der Waals surface area contributed by atoms with E-state index in [4.69, 9.17) is 9.72 Å². The van der Waals surface area contributed by atoms with Crippen LogP contribution in [0.25, 0.3) is 27.8 Å². The number of rotatable bonds is 7. The molecule has 1 fully saturated rings. The van der Waals surface area contributed by atoms with E-state index < -0.39 is 0 Å². The van der Waals surface area contributed by atoms with Crippen molar-refractivity contribution in [3.63, 3.8) is 0 Å². The van der Waals surface area contributed by atoms with Crippen LogP contribution in [0.5, 0.6) is 0 Å². The maximum Gasteiger partial charge on any atom is 0.223 e. The van der Waals surface area contributed by atoms with E-state index in [-0.39, 0.29) is 17.9 Å². The number of amides is 1. The number of piperidine rings is 1. The first-order valence-electron chi connectivity index (χ1n) is 12.4. The fourth-order valence-electron chi connectivity index (χ4n) is 4.73. The van der Waals surface area contributed by atoms with Gasteiger partial charge in [-0.05, 0) is 38.0 Å². The summed E-state index contributed by atoms with van der Waals surface area (Å²) in [6.45, 7) is 4.00. The van der Waals surface area contributed by atoms with E-state index in [0.29, 0.717) is 12.1 Å². The normalized spacial score (nSPS) is 15.0. The maximum atomic E-state index is 12.5. The Morgan fingerprint density at radius 1 is 1.16 bits per heavy atom. The van der Waals surface area contributed by atoms with Crippen molar-refractivity contribution in [1.29, 1.82) is 5.26 Å². The first-order valence-corrected chi connectivity index (χ1v) is 12.4. The lowest BCUT2D eigenvalue weighted by Gasteiger charge is -2.32. The molecule has 1 amide bonds. The first-order chi connectivity index (χ1) is 18.0. The number of carbonyl (C=O) groups is 1. The monoisotopic (exact) mass is 498 g/mol. The van der Waals surface area contributed by atoms with Gasteiger partial charge in [0.25, 0.3) is 0 Å². The second-order valence-corrected chi connectivity index (χ2v) is 9.47. The molecule has 190 valence electrons. The Labute approximate surface area is 215 Å². The molecule has 0 saturated carbocycles. The van der Waals surface area contributed by atoms with Gasteiger partial charge in [-0.25, -0.2) is 9.50 Å². The van der Waals surface area contributed by atoms with Gasteiger partial charge < -0.3 is 15.0 Å². The van der Waals surface area contributed by atoms with Crippen molar-refractivity contribution in [3.8, 4) is 28.3 Å². The molecule has 0 radical (unpaired) electrons. The van der Waals surface area contributed by atoms with Gasteiger partial charge in [-0.1, -0.05) is 0 Å². The standard InChI is InChI=1S/C27H30N8O2/c1-18(37-3)12-30-27(36)19-6-8-34(9-7-19)25-5-4-20(13-29-25)24-10-21(23-15-31-33(2)16-23)17-35-26(24)22(11-28)14-32-35/h4-5,10,13-19H,6-9,12H2,1-3H3,(H,30,36). The lowest BCUT2D eigenvalue weighted by Crippen LogP contribution is -2.42. The molecule has 1 aliphatic heterocycles. The van der Waals surface area contributed by atoms with Gasteiger partial charge in [-0.3, -0.25) is 9.48 Å². The van der Waals surface area contributed by atoms with Crippen LogP contribution in [0.2, 0.25) is 0 Å². The van der Waals surface area contributed by atoms with Crippen LogP contribution in [0, 0.1) is 17.2 Å². The number of aryl methyl sites for hydroxylation is 1. The number of carbonyl (C=O) groups excluding carboxylic acids is 1. The van der Waals surface area contributed by atoms with Crippen molar-refractivity contribution in [2.75, 3.05) is 31.6 Å². The smallest absolute Gasteiger partial charge is 0.223 e. The SMILES string of the molecule is COC(C)CNC(=O)C1CCN(c2ccc(-c3cc(-c4cnn(C)c4)cn4ncc(C#N)c34)cn2)CC1. The molecule has 1 saturated heterocycles. The Balaban J connectivity index is 1.35. The second kappa shape index (κ2) is 10.4. The molecule has 0 spiro atoms. The summed E-state index contributed by atoms with van der Waals surface area (Å²) >= 11 is 0. The highest BCUT2D eigenvalue weighted by Gasteiger charge is 2.26. The molecular formula is C27H30N8O2. The molecule has 37 heavy (non-hydrogen) atoms. The number of fused-ring (bicyclic) bond motifs is 1. The van der Waals surface area contributed by atoms with E-state index in [9.17, 15) is 10.1 Å². The van der Waals surface area contributed by atoms with E-state index in [2.05, 4.69) is 32.5 Å². The lowest BCUT2D eigenvalue weighted by molar-refractivity contribution is -0.126. The van der Waals surface area contributed by atoms with Crippen LogP contribution < -0.4 is 10.2 Å². The molecule has 4 aromatic rings. The molecular weight excluding hydrogens is 468 g/mol. The van der Waals surface area contributed by atoms with Gasteiger partial charge in [-0.15, -0.1) is 0 Å². The lowest BCUT2D eigenvalue weighted by atomic mass is 9.95. The zero-order valence-electron chi connectivity index (χ0n) is 21.3. The molecule has 1 aliphatic rings. The number of methoxy groups -OCH3 is 1. The number of pyridine rings is 2. The predicted molar refractivity (Wildman–Crippen MR) is 140 cm³/mol. The minimum absolute atomic E-state index is 0.00448. The highest BCUT2D eigenvalue weighted by Crippen LogP contribution is 2.32. The number of nitriles is 1. The van der Waals surface area contributed by atoms with Gasteiger partial charge in [-0.2, -0.15) is 15.5 Å². The Hall–Kier alpha value is -4.23. The summed E-state index contributed by atoms with van der Waals surface area (Å²) in [5.41, 5.74) is 4.96. The van der Waals surface area contributed by atoms with E-state index in [1.165, 1.54) is 0 Å². The zero-order chi connectivity index (χ0) is 25.9. The van der Waals surface area contributed by atoms with E-state index in [1.54, 1.807) is 22.5 Å². The molecule has 4 aromatic heterocycles. The molecule has 0 aromatic carbocycles. The van der Waals surface area contributed by atoms with E-state index in [1.807, 2.05) is 50.9 Å². The van der Waals surface area contributed by atoms with Gasteiger partial charge in [0.1, 0.15) is 11.9 Å². The van der Waals surface area contributed by atoms with Gasteiger partial charge >= 0.3 is 0 Å². The Morgan fingerprint density at radius 3 is 2.62 bits per heavy atom. The molecule has 10 nitrogen and oxygen atoms in total. The molecule has 1 unspecified atom stereocenters. The van der Waals surface area contributed by atoms with Gasteiger partial charge in [0.15, 0.2) is 0 Å². The van der Waals surface area contributed by atoms with Crippen LogP contribution in [0.1, 0.15) is 25.3 Å². The summed E-state index contributed by atoms with van der Waals surface area (Å²) in [5, 5.41) is 21.3. The van der Waals surface area contributed by atoms with E-state index >= 15 is 0 Å². The van der Waals surface area contributed by atoms with Crippen LogP contribution in [0.4, 0.5) is 5.82 Å². The largest absolute Gasteiger partial charge is 0.380 e. The summed E-state index contributed by atoms with van der Waals surface area (Å²) in [6.07, 6.45) is 10.7. The third-order valence-corrected chi connectivity index (χ3v) is 6.99. The molecule has 5 heterocycles. The van der Waals surface area contributed by atoms with Crippen molar-refractivity contribution in [2.24, 2.45) is 13.0 Å². The van der Waals surface area contributed by atoms with Gasteiger partial charge in [0.2, 0.25) is 5.91 Å². The predicted octanol–water partition coefficient (Wildman–Crippen LogP) is 3.04. The minimum atomic E-state index is 0.00448. The summed E-state index contributed by atoms with van der Waals surface area (Å²) in [4.78, 5) is 19.5. The van der Waals surface area contributed by atoms with Crippen LogP contribution in [-0.4, -0.2) is 63.1 Å². The summed E-state index contributed by atoms with van der Waals surface area (Å²) < 4.78 is 8.71. The molecule has 1 atom stereocenters. The third-order valence-electron chi connectivity index (χ3n) is 6.99. The summed E-state index contributed by atoms with van der Waals surface area (Å²) in [6, 6.07) is 8.34. The number of aromatic nitrogens is 5. The number of nitrogens with one attached hydrogen (secondary N) is 1. The molecule has 0 bridgehead atoms. The first kappa shape index (κ1) is 24.5. The van der Waals surface area contributed by atoms with Crippen LogP contribution in [-0.2, 0) is 16.6 Å². The molecule has 5 rings (SSSR count). The highest BCUT2D eigenvalue weighted by atomic mass is 16.5. The Kier molecular flexibility index (Phi) is 6.88. The summed E-state index contributed by atoms with van der Waals surface area (Å²) in [7, 11) is 3.52. The van der Waals surface area contributed by atoms with E-state index in [0.717, 1.165) is 59.5 Å². The van der Waals surface area contributed by atoms with Crippen molar-refractivity contribution in [2.45, 2.75) is 25.9 Å². The molecule has 0 aliphatic carbocycles. The fourth-order valence-corrected chi connectivity index (χ4v) is 4.73. The second-order valence-electron chi connectivity index (χ2n) is 9.47. The fraction of sp³-hybridized carbons (Fsp3) is 0.370. The topological polar surface area (TPSA) is 113 Å². The average molecular weight is 499 g/mol. The zero-order valence-corrected chi connectivity index (χ0v) is 21.3. The van der Waals surface area contributed by atoms with Crippen molar-refractivity contribution in [3.05, 3.63) is 54.7 Å². The number of ether oxygens (including phenoxy) is 1. The number of anilines is 1. The van der Waals surface area contributed by atoms with Crippen LogP contribution in [0.3, 0.4) is 0 Å². The maximum absolute atomic E-state index is 12.5. The third kappa shape index (κ3) is 5.04.